The van der Waals surface area contributed by atoms with Crippen molar-refractivity contribution < 1.29 is 0 Å². The molecule has 0 aliphatic rings. The highest BCUT2D eigenvalue weighted by molar-refractivity contribution is 6.77. The van der Waals surface area contributed by atoms with Crippen molar-refractivity contribution in [2.24, 2.45) is 0 Å². The molecular weight excluding hydrogens is 236 g/mol. The summed E-state index contributed by atoms with van der Waals surface area (Å²) in [5.74, 6) is 0. The molecule has 0 amide bonds. The molecule has 0 saturated carbocycles. The summed E-state index contributed by atoms with van der Waals surface area (Å²) in [7, 11) is 5.18. The molecule has 0 radical (unpaired) electrons. The first-order valence-corrected chi connectivity index (χ1v) is 13.9. The second kappa shape index (κ2) is 6.39. The van der Waals surface area contributed by atoms with Crippen LogP contribution in [0.3, 0.4) is 0 Å². The fourth-order valence-corrected chi connectivity index (χ4v) is 0. The van der Waals surface area contributed by atoms with E-state index in [1.165, 1.54) is 20.8 Å². The third kappa shape index (κ3) is 10.9. The zero-order valence-electron chi connectivity index (χ0n) is 11.9. The molecule has 0 unspecified atom stereocenters. The molecule has 0 aromatic carbocycles. The molecule has 0 atom stereocenters. The fraction of sp³-hybridized carbons (Fsp3) is 1.00. The molecule has 0 bridgehead atoms. The lowest BCUT2D eigenvalue weighted by molar-refractivity contribution is 0.820. The van der Waals surface area contributed by atoms with Crippen molar-refractivity contribution >= 4 is 37.3 Å². The highest BCUT2D eigenvalue weighted by atomic mass is 28.4. The van der Waals surface area contributed by atoms with Crippen molar-refractivity contribution in [2.75, 3.05) is 14.1 Å². The predicted molar refractivity (Wildman–Crippen MR) is 82.1 cm³/mol. The van der Waals surface area contributed by atoms with Gasteiger partial charge in [-0.25, -0.2) is 0 Å². The van der Waals surface area contributed by atoms with Gasteiger partial charge in [-0.3, -0.25) is 0 Å². The van der Waals surface area contributed by atoms with Gasteiger partial charge in [-0.15, -0.1) is 0 Å². The Morgan fingerprint density at radius 3 is 0.714 bits per heavy atom. The van der Waals surface area contributed by atoms with E-state index in [4.69, 9.17) is 0 Å². The van der Waals surface area contributed by atoms with Crippen LogP contribution in [0.2, 0.25) is 39.3 Å². The molecule has 0 fully saturated rings. The number of rotatable bonds is 2. The van der Waals surface area contributed by atoms with Gasteiger partial charge in [0.2, 0.25) is 0 Å². The monoisotopic (exact) mass is 266 g/mol. The molecule has 88 valence electrons. The summed E-state index contributed by atoms with van der Waals surface area (Å²) in [4.78, 5) is 0. The summed E-state index contributed by atoms with van der Waals surface area (Å²) in [6.07, 6.45) is 0. The minimum absolute atomic E-state index is 0.840. The van der Waals surface area contributed by atoms with E-state index in [-0.39, 0.29) is 0 Å². The molecule has 0 aliphatic heterocycles. The van der Waals surface area contributed by atoms with E-state index in [1.54, 1.807) is 0 Å². The van der Waals surface area contributed by atoms with Gasteiger partial charge in [0.15, 0.2) is 0 Å². The van der Waals surface area contributed by atoms with Crippen LogP contribution in [0.1, 0.15) is 0 Å². The zero-order valence-corrected chi connectivity index (χ0v) is 17.9. The summed E-state index contributed by atoms with van der Waals surface area (Å²) in [6.45, 7) is 14.2. The number of hydrogen-bond acceptors (Lipinski definition) is 2. The maximum Gasteiger partial charge on any atom is 0.111 e. The van der Waals surface area contributed by atoms with Gasteiger partial charge >= 0.3 is 0 Å². The van der Waals surface area contributed by atoms with Gasteiger partial charge in [0, 0.05) is 0 Å². The van der Waals surface area contributed by atoms with Crippen LogP contribution in [0.15, 0.2) is 0 Å². The first-order chi connectivity index (χ1) is 5.89. The molecule has 14 heavy (non-hydrogen) atoms. The lowest BCUT2D eigenvalue weighted by atomic mass is 11.6. The lowest BCUT2D eigenvalue weighted by Crippen LogP contribution is -2.40. The van der Waals surface area contributed by atoms with Crippen molar-refractivity contribution in [1.82, 2.24) is 8.46 Å². The third-order valence-electron chi connectivity index (χ3n) is 2.68. The van der Waals surface area contributed by atoms with Crippen molar-refractivity contribution in [1.29, 1.82) is 0 Å². The molecule has 0 N–H and O–H groups in total. The van der Waals surface area contributed by atoms with E-state index < -0.39 is 16.5 Å². The van der Waals surface area contributed by atoms with E-state index in [0.717, 1.165) is 0 Å². The average Bonchev–Trinajstić information content (AvgIpc) is 1.83. The summed E-state index contributed by atoms with van der Waals surface area (Å²) in [5, 5.41) is 0. The maximum atomic E-state index is 2.47. The lowest BCUT2D eigenvalue weighted by Gasteiger charge is -2.25. The van der Waals surface area contributed by atoms with E-state index in [2.05, 4.69) is 61.8 Å². The quantitative estimate of drug-likeness (QED) is 0.653. The molecule has 2 nitrogen and oxygen atoms in total. The number of hydrogen-bond donors (Lipinski definition) is 0. The topological polar surface area (TPSA) is 6.48 Å². The summed E-state index contributed by atoms with van der Waals surface area (Å²) < 4.78 is 4.93. The predicted octanol–water partition coefficient (Wildman–Crippen LogP) is 0.0670. The summed E-state index contributed by atoms with van der Waals surface area (Å²) in [5.41, 5.74) is 0. The second-order valence-corrected chi connectivity index (χ2v) is 21.1. The zero-order chi connectivity index (χ0) is 12.2. The van der Waals surface area contributed by atoms with E-state index in [1.807, 2.05) is 0 Å². The van der Waals surface area contributed by atoms with Crippen LogP contribution in [0.4, 0.5) is 0 Å². The van der Waals surface area contributed by atoms with Crippen LogP contribution in [-0.2, 0) is 0 Å². The van der Waals surface area contributed by atoms with Crippen LogP contribution in [0.25, 0.3) is 0 Å². The molecular formula is C8H30N2Si4. The largest absolute Gasteiger partial charge is 0.356 e. The van der Waals surface area contributed by atoms with Crippen molar-refractivity contribution in [2.45, 2.75) is 39.3 Å². The molecule has 0 aliphatic carbocycles. The summed E-state index contributed by atoms with van der Waals surface area (Å²) in [6, 6.07) is 0. The normalized spacial score (nSPS) is 13.3. The molecule has 0 aromatic rings. The van der Waals surface area contributed by atoms with E-state index >= 15 is 0 Å². The van der Waals surface area contributed by atoms with Crippen LogP contribution < -0.4 is 0 Å². The molecule has 6 heteroatoms. The molecule has 0 aromatic heterocycles. The smallest absolute Gasteiger partial charge is 0.111 e. The summed E-state index contributed by atoms with van der Waals surface area (Å²) >= 11 is 0. The molecule has 0 saturated heterocycles. The Balaban J connectivity index is 0. The maximum absolute atomic E-state index is 2.47. The molecule has 0 spiro atoms. The Hall–Kier alpha value is 0.788. The van der Waals surface area contributed by atoms with Gasteiger partial charge in [0.25, 0.3) is 0 Å². The average molecular weight is 267 g/mol. The van der Waals surface area contributed by atoms with Crippen LogP contribution in [0.5, 0.6) is 0 Å². The first-order valence-electron chi connectivity index (χ1n) is 5.24. The van der Waals surface area contributed by atoms with Gasteiger partial charge in [0.1, 0.15) is 16.5 Å². The van der Waals surface area contributed by atoms with Gasteiger partial charge < -0.3 is 8.46 Å². The van der Waals surface area contributed by atoms with Gasteiger partial charge in [-0.1, -0.05) is 39.3 Å². The Morgan fingerprint density at radius 2 is 0.714 bits per heavy atom. The van der Waals surface area contributed by atoms with E-state index in [9.17, 15) is 0 Å². The minimum Gasteiger partial charge on any atom is -0.356 e. The Bertz CT molecular complexity index is 128. The standard InChI is InChI=1S/2C4H15NSi2/c2*1-5(6)7(2,3)4/h2*1-4,6H3. The SMILES string of the molecule is CN([SiH3])[Si](C)(C)C.CN([SiH3])[Si](C)(C)C. The van der Waals surface area contributed by atoms with Crippen LogP contribution in [0, 0.1) is 0 Å². The third-order valence-corrected chi connectivity index (χ3v) is 16.1. The van der Waals surface area contributed by atoms with Crippen LogP contribution >= 0.6 is 0 Å². The van der Waals surface area contributed by atoms with Crippen LogP contribution in [-0.4, -0.2) is 59.8 Å². The van der Waals surface area contributed by atoms with Gasteiger partial charge in [-0.2, -0.15) is 0 Å². The highest BCUT2D eigenvalue weighted by Crippen LogP contribution is 2.01. The Kier molecular flexibility index (Phi) is 7.84. The van der Waals surface area contributed by atoms with Crippen molar-refractivity contribution in [3.05, 3.63) is 0 Å². The Labute approximate surface area is 99.2 Å². The molecule has 0 heterocycles. The van der Waals surface area contributed by atoms with E-state index in [0.29, 0.717) is 0 Å². The molecule has 0 rings (SSSR count). The first kappa shape index (κ1) is 17.2. The van der Waals surface area contributed by atoms with Crippen molar-refractivity contribution in [3.63, 3.8) is 0 Å². The Morgan fingerprint density at radius 1 is 0.643 bits per heavy atom. The highest BCUT2D eigenvalue weighted by Gasteiger charge is 2.14. The fourth-order valence-electron chi connectivity index (χ4n) is 0. The number of nitrogens with zero attached hydrogens (tertiary/aromatic N) is 2. The minimum atomic E-state index is -0.840. The second-order valence-electron chi connectivity index (χ2n) is 6.13. The van der Waals surface area contributed by atoms with Gasteiger partial charge in [0.05, 0.1) is 20.8 Å². The van der Waals surface area contributed by atoms with Gasteiger partial charge in [-0.05, 0) is 14.1 Å². The van der Waals surface area contributed by atoms with Crippen molar-refractivity contribution in [3.8, 4) is 0 Å².